The molecule has 6 nitrogen and oxygen atoms in total. The lowest BCUT2D eigenvalue weighted by Gasteiger charge is -2.37. The number of carbonyl (C=O) groups is 1. The van der Waals surface area contributed by atoms with Crippen LogP contribution in [0.15, 0.2) is 18.2 Å². The number of piperazine rings is 1. The summed E-state index contributed by atoms with van der Waals surface area (Å²) in [5.41, 5.74) is 1.74. The van der Waals surface area contributed by atoms with Crippen molar-refractivity contribution in [2.24, 2.45) is 0 Å². The second-order valence-corrected chi connectivity index (χ2v) is 7.66. The molecule has 2 aliphatic rings. The average Bonchev–Trinajstić information content (AvgIpc) is 2.59. The van der Waals surface area contributed by atoms with E-state index in [1.807, 2.05) is 20.8 Å². The third-order valence-corrected chi connectivity index (χ3v) is 4.53. The van der Waals surface area contributed by atoms with Crippen LogP contribution in [-0.4, -0.2) is 55.4 Å². The van der Waals surface area contributed by atoms with E-state index < -0.39 is 5.60 Å². The number of hydrogen-bond donors (Lipinski definition) is 1. The van der Waals surface area contributed by atoms with E-state index in [2.05, 4.69) is 35.3 Å². The predicted molar refractivity (Wildman–Crippen MR) is 99.7 cm³/mol. The lowest BCUT2D eigenvalue weighted by Crippen LogP contribution is -2.50. The minimum absolute atomic E-state index is 0.226. The molecule has 1 N–H and O–H groups in total. The van der Waals surface area contributed by atoms with Gasteiger partial charge in [0.2, 0.25) is 0 Å². The molecule has 1 atom stereocenters. The van der Waals surface area contributed by atoms with Gasteiger partial charge in [-0.05, 0) is 39.3 Å². The maximum Gasteiger partial charge on any atom is 0.410 e. The lowest BCUT2D eigenvalue weighted by molar-refractivity contribution is 0.0240. The van der Waals surface area contributed by atoms with Crippen molar-refractivity contribution in [1.29, 1.82) is 0 Å². The van der Waals surface area contributed by atoms with Gasteiger partial charge in [-0.3, -0.25) is 0 Å². The van der Waals surface area contributed by atoms with E-state index in [-0.39, 0.29) is 12.2 Å². The molecule has 0 aliphatic carbocycles. The molecular weight excluding hydrogens is 318 g/mol. The molecule has 0 bridgehead atoms. The first-order chi connectivity index (χ1) is 11.9. The Labute approximate surface area is 150 Å². The van der Waals surface area contributed by atoms with E-state index in [4.69, 9.17) is 9.47 Å². The van der Waals surface area contributed by atoms with E-state index >= 15 is 0 Å². The van der Waals surface area contributed by atoms with Crippen LogP contribution in [0.2, 0.25) is 0 Å². The number of amides is 1. The van der Waals surface area contributed by atoms with Gasteiger partial charge in [-0.25, -0.2) is 4.79 Å². The summed E-state index contributed by atoms with van der Waals surface area (Å²) in [5.74, 6) is 0.921. The zero-order chi connectivity index (χ0) is 18.0. The largest absolute Gasteiger partial charge is 0.486 e. The molecule has 138 valence electrons. The number of carbonyl (C=O) groups excluding carboxylic acids is 1. The third kappa shape index (κ3) is 4.30. The summed E-state index contributed by atoms with van der Waals surface area (Å²) in [6.07, 6.45) is 0.994. The van der Waals surface area contributed by atoms with Gasteiger partial charge in [0.05, 0.1) is 12.2 Å². The first-order valence-corrected chi connectivity index (χ1v) is 9.13. The van der Waals surface area contributed by atoms with E-state index in [1.165, 1.54) is 0 Å². The predicted octanol–water partition coefficient (Wildman–Crippen LogP) is 3.33. The standard InChI is InChI=1S/C19H29N3O3/c1-5-15-13-20-16-7-6-14(12-17(16)24-15)21-8-10-22(11-9-21)18(23)25-19(2,3)4/h6-7,12,15,20H,5,8-11,13H2,1-4H3. The van der Waals surface area contributed by atoms with Crippen molar-refractivity contribution in [1.82, 2.24) is 4.90 Å². The summed E-state index contributed by atoms with van der Waals surface area (Å²) < 4.78 is 11.5. The number of nitrogens with zero attached hydrogens (tertiary/aromatic N) is 2. The topological polar surface area (TPSA) is 54.0 Å². The van der Waals surface area contributed by atoms with E-state index in [9.17, 15) is 4.79 Å². The van der Waals surface area contributed by atoms with Crippen LogP contribution in [0.4, 0.5) is 16.2 Å². The van der Waals surface area contributed by atoms with Gasteiger partial charge in [-0.1, -0.05) is 6.92 Å². The van der Waals surface area contributed by atoms with Gasteiger partial charge in [0.15, 0.2) is 0 Å². The molecule has 0 radical (unpaired) electrons. The Hall–Kier alpha value is -2.11. The summed E-state index contributed by atoms with van der Waals surface area (Å²) in [6.45, 7) is 11.6. The average molecular weight is 347 g/mol. The molecule has 2 heterocycles. The van der Waals surface area contributed by atoms with Crippen LogP contribution in [0.1, 0.15) is 34.1 Å². The van der Waals surface area contributed by atoms with Crippen LogP contribution in [0.25, 0.3) is 0 Å². The van der Waals surface area contributed by atoms with Gasteiger partial charge in [-0.15, -0.1) is 0 Å². The number of fused-ring (bicyclic) bond motifs is 1. The van der Waals surface area contributed by atoms with Crippen molar-refractivity contribution < 1.29 is 14.3 Å². The number of rotatable bonds is 2. The van der Waals surface area contributed by atoms with Crippen molar-refractivity contribution in [2.45, 2.75) is 45.8 Å². The Bertz CT molecular complexity index is 619. The van der Waals surface area contributed by atoms with Gasteiger partial charge in [-0.2, -0.15) is 0 Å². The molecule has 1 unspecified atom stereocenters. The maximum absolute atomic E-state index is 12.2. The molecule has 0 spiro atoms. The smallest absolute Gasteiger partial charge is 0.410 e. The van der Waals surface area contributed by atoms with E-state index in [0.717, 1.165) is 43.2 Å². The van der Waals surface area contributed by atoms with E-state index in [1.54, 1.807) is 4.90 Å². The van der Waals surface area contributed by atoms with Gasteiger partial charge in [0.1, 0.15) is 17.5 Å². The number of hydrogen-bond acceptors (Lipinski definition) is 5. The SMILES string of the molecule is CCC1CNc2ccc(N3CCN(C(=O)OC(C)(C)C)CC3)cc2O1. The highest BCUT2D eigenvalue weighted by Crippen LogP contribution is 2.34. The van der Waals surface area contributed by atoms with Crippen LogP contribution < -0.4 is 15.0 Å². The summed E-state index contributed by atoms with van der Waals surface area (Å²) in [4.78, 5) is 16.2. The summed E-state index contributed by atoms with van der Waals surface area (Å²) in [7, 11) is 0. The zero-order valence-electron chi connectivity index (χ0n) is 15.7. The van der Waals surface area contributed by atoms with Crippen molar-refractivity contribution in [3.05, 3.63) is 18.2 Å². The number of nitrogens with one attached hydrogen (secondary N) is 1. The number of ether oxygens (including phenoxy) is 2. The highest BCUT2D eigenvalue weighted by atomic mass is 16.6. The molecule has 1 amide bonds. The molecule has 6 heteroatoms. The normalized spacial score (nSPS) is 20.4. The second-order valence-electron chi connectivity index (χ2n) is 7.66. The summed E-state index contributed by atoms with van der Waals surface area (Å²) >= 11 is 0. The van der Waals surface area contributed by atoms with Crippen LogP contribution in [0.3, 0.4) is 0 Å². The monoisotopic (exact) mass is 347 g/mol. The molecule has 25 heavy (non-hydrogen) atoms. The quantitative estimate of drug-likeness (QED) is 0.889. The van der Waals surface area contributed by atoms with Crippen molar-refractivity contribution in [3.8, 4) is 5.75 Å². The molecule has 2 aliphatic heterocycles. The third-order valence-electron chi connectivity index (χ3n) is 4.53. The van der Waals surface area contributed by atoms with Gasteiger partial charge in [0, 0.05) is 37.9 Å². The minimum Gasteiger partial charge on any atom is -0.486 e. The first kappa shape index (κ1) is 17.7. The van der Waals surface area contributed by atoms with Crippen LogP contribution in [0, 0.1) is 0 Å². The van der Waals surface area contributed by atoms with Crippen LogP contribution in [-0.2, 0) is 4.74 Å². The molecule has 0 saturated carbocycles. The second kappa shape index (κ2) is 7.02. The molecule has 1 saturated heterocycles. The van der Waals surface area contributed by atoms with Gasteiger partial charge < -0.3 is 24.6 Å². The van der Waals surface area contributed by atoms with Crippen LogP contribution >= 0.6 is 0 Å². The first-order valence-electron chi connectivity index (χ1n) is 9.13. The van der Waals surface area contributed by atoms with Gasteiger partial charge in [0.25, 0.3) is 0 Å². The Morgan fingerprint density at radius 2 is 2.00 bits per heavy atom. The molecule has 1 fully saturated rings. The van der Waals surface area contributed by atoms with Crippen molar-refractivity contribution >= 4 is 17.5 Å². The fourth-order valence-corrected chi connectivity index (χ4v) is 3.10. The Balaban J connectivity index is 1.61. The highest BCUT2D eigenvalue weighted by Gasteiger charge is 2.26. The summed E-state index contributed by atoms with van der Waals surface area (Å²) in [5, 5.41) is 3.42. The Morgan fingerprint density at radius 1 is 1.28 bits per heavy atom. The fourth-order valence-electron chi connectivity index (χ4n) is 3.10. The number of anilines is 2. The number of benzene rings is 1. The molecule has 0 aromatic heterocycles. The maximum atomic E-state index is 12.2. The van der Waals surface area contributed by atoms with Crippen LogP contribution in [0.5, 0.6) is 5.75 Å². The zero-order valence-corrected chi connectivity index (χ0v) is 15.7. The fraction of sp³-hybridized carbons (Fsp3) is 0.632. The molecular formula is C19H29N3O3. The lowest BCUT2D eigenvalue weighted by atomic mass is 10.1. The highest BCUT2D eigenvalue weighted by molar-refractivity contribution is 5.69. The Morgan fingerprint density at radius 3 is 2.64 bits per heavy atom. The van der Waals surface area contributed by atoms with Crippen molar-refractivity contribution in [2.75, 3.05) is 42.9 Å². The Kier molecular flexibility index (Phi) is 4.97. The minimum atomic E-state index is -0.452. The molecule has 3 rings (SSSR count). The van der Waals surface area contributed by atoms with Gasteiger partial charge >= 0.3 is 6.09 Å². The van der Waals surface area contributed by atoms with Crippen molar-refractivity contribution in [3.63, 3.8) is 0 Å². The van der Waals surface area contributed by atoms with E-state index in [0.29, 0.717) is 13.1 Å². The molecule has 1 aromatic rings. The summed E-state index contributed by atoms with van der Waals surface area (Å²) in [6, 6.07) is 6.30. The molecule has 1 aromatic carbocycles.